The van der Waals surface area contributed by atoms with Gasteiger partial charge in [-0.1, -0.05) is 6.92 Å². The van der Waals surface area contributed by atoms with E-state index in [-0.39, 0.29) is 18.3 Å². The molecule has 1 aromatic heterocycles. The molecule has 3 atom stereocenters. The molecule has 1 aromatic rings. The van der Waals surface area contributed by atoms with Crippen LogP contribution >= 0.6 is 0 Å². The molecule has 2 rings (SSSR count). The number of nitrogens with one attached hydrogen (secondary N) is 1. The van der Waals surface area contributed by atoms with Gasteiger partial charge in [-0.05, 0) is 39.4 Å². The lowest BCUT2D eigenvalue weighted by molar-refractivity contribution is -0.0722. The van der Waals surface area contributed by atoms with Crippen LogP contribution in [0.1, 0.15) is 51.8 Å². The molecule has 1 aliphatic heterocycles. The Balaban J connectivity index is 1.96. The minimum Gasteiger partial charge on any atom is -0.489 e. The molecule has 2 heterocycles. The second-order valence-electron chi connectivity index (χ2n) is 5.64. The number of aromatic nitrogens is 1. The third-order valence-electron chi connectivity index (χ3n) is 3.83. The van der Waals surface area contributed by atoms with Gasteiger partial charge in [0.15, 0.2) is 0 Å². The van der Waals surface area contributed by atoms with Crippen LogP contribution in [0.4, 0.5) is 0 Å². The van der Waals surface area contributed by atoms with Gasteiger partial charge in [-0.3, -0.25) is 4.98 Å². The molecule has 4 heteroatoms. The first-order valence-corrected chi connectivity index (χ1v) is 7.57. The molecular weight excluding hydrogens is 252 g/mol. The van der Waals surface area contributed by atoms with Gasteiger partial charge in [-0.15, -0.1) is 0 Å². The number of pyridine rings is 1. The zero-order valence-corrected chi connectivity index (χ0v) is 12.9. The lowest BCUT2D eigenvalue weighted by Crippen LogP contribution is -2.35. The third kappa shape index (κ3) is 3.93. The van der Waals surface area contributed by atoms with E-state index in [0.29, 0.717) is 6.04 Å². The first-order chi connectivity index (χ1) is 9.62. The fourth-order valence-corrected chi connectivity index (χ4v) is 2.86. The highest BCUT2D eigenvalue weighted by atomic mass is 16.5. The van der Waals surface area contributed by atoms with E-state index < -0.39 is 0 Å². The van der Waals surface area contributed by atoms with Crippen LogP contribution in [0.15, 0.2) is 18.3 Å². The van der Waals surface area contributed by atoms with Crippen LogP contribution in [0.5, 0.6) is 5.75 Å². The molecule has 0 saturated carbocycles. The molecular formula is C16H26N2O2. The van der Waals surface area contributed by atoms with Gasteiger partial charge in [0.1, 0.15) is 11.9 Å². The van der Waals surface area contributed by atoms with Gasteiger partial charge in [-0.25, -0.2) is 0 Å². The summed E-state index contributed by atoms with van der Waals surface area (Å²) >= 11 is 0. The average Bonchev–Trinajstić information content (AvgIpc) is 2.41. The van der Waals surface area contributed by atoms with Gasteiger partial charge < -0.3 is 14.8 Å². The largest absolute Gasteiger partial charge is 0.489 e. The van der Waals surface area contributed by atoms with Crippen LogP contribution in [0.25, 0.3) is 0 Å². The average molecular weight is 278 g/mol. The molecule has 1 N–H and O–H groups in total. The molecule has 20 heavy (non-hydrogen) atoms. The first-order valence-electron chi connectivity index (χ1n) is 7.57. The van der Waals surface area contributed by atoms with Gasteiger partial charge in [-0.2, -0.15) is 0 Å². The lowest BCUT2D eigenvalue weighted by Gasteiger charge is -2.32. The smallest absolute Gasteiger partial charge is 0.138 e. The number of nitrogens with zero attached hydrogens (tertiary/aromatic N) is 1. The van der Waals surface area contributed by atoms with E-state index in [0.717, 1.165) is 30.7 Å². The molecule has 0 spiro atoms. The fourth-order valence-electron chi connectivity index (χ4n) is 2.86. The third-order valence-corrected chi connectivity index (χ3v) is 3.83. The van der Waals surface area contributed by atoms with Crippen LogP contribution in [-0.2, 0) is 4.74 Å². The Bertz CT molecular complexity index is 393. The minimum absolute atomic E-state index is 0.229. The SMILES string of the molecule is CCC(NC)c1ccc(OC2CC(C)OC(C)C2)cn1. The topological polar surface area (TPSA) is 43.4 Å². The summed E-state index contributed by atoms with van der Waals surface area (Å²) in [5.41, 5.74) is 1.07. The Labute approximate surface area is 121 Å². The summed E-state index contributed by atoms with van der Waals surface area (Å²) in [7, 11) is 1.96. The number of rotatable bonds is 5. The second-order valence-corrected chi connectivity index (χ2v) is 5.64. The molecule has 1 fully saturated rings. The van der Waals surface area contributed by atoms with Crippen molar-refractivity contribution in [1.82, 2.24) is 10.3 Å². The normalized spacial score (nSPS) is 28.1. The highest BCUT2D eigenvalue weighted by molar-refractivity contribution is 5.22. The van der Waals surface area contributed by atoms with Crippen molar-refractivity contribution in [2.45, 2.75) is 64.4 Å². The predicted molar refractivity (Wildman–Crippen MR) is 80.0 cm³/mol. The molecule has 3 unspecified atom stereocenters. The van der Waals surface area contributed by atoms with Crippen LogP contribution in [0.2, 0.25) is 0 Å². The van der Waals surface area contributed by atoms with Crippen molar-refractivity contribution in [3.05, 3.63) is 24.0 Å². The monoisotopic (exact) mass is 278 g/mol. The standard InChI is InChI=1S/C16H26N2O2/c1-5-15(17-4)16-7-6-13(10-18-16)20-14-8-11(2)19-12(3)9-14/h6-7,10-12,14-15,17H,5,8-9H2,1-4H3. The van der Waals surface area contributed by atoms with Crippen molar-refractivity contribution in [2.24, 2.45) is 0 Å². The Morgan fingerprint density at radius 3 is 2.55 bits per heavy atom. The van der Waals surface area contributed by atoms with Crippen molar-refractivity contribution in [3.63, 3.8) is 0 Å². The van der Waals surface area contributed by atoms with E-state index in [1.807, 2.05) is 25.4 Å². The summed E-state index contributed by atoms with van der Waals surface area (Å²) < 4.78 is 11.8. The lowest BCUT2D eigenvalue weighted by atomic mass is 10.0. The summed E-state index contributed by atoms with van der Waals surface area (Å²) in [6.45, 7) is 6.36. The van der Waals surface area contributed by atoms with Crippen molar-refractivity contribution in [3.8, 4) is 5.75 Å². The minimum atomic E-state index is 0.229. The summed E-state index contributed by atoms with van der Waals surface area (Å²) in [6.07, 6.45) is 5.52. The van der Waals surface area contributed by atoms with Crippen molar-refractivity contribution in [1.29, 1.82) is 0 Å². The number of hydrogen-bond donors (Lipinski definition) is 1. The molecule has 1 aliphatic rings. The molecule has 0 radical (unpaired) electrons. The van der Waals surface area contributed by atoms with E-state index >= 15 is 0 Å². The van der Waals surface area contributed by atoms with Crippen molar-refractivity contribution in [2.75, 3.05) is 7.05 Å². The van der Waals surface area contributed by atoms with Gasteiger partial charge in [0.05, 0.1) is 24.1 Å². The van der Waals surface area contributed by atoms with E-state index in [2.05, 4.69) is 31.1 Å². The van der Waals surface area contributed by atoms with Crippen LogP contribution in [0, 0.1) is 0 Å². The van der Waals surface area contributed by atoms with Crippen LogP contribution in [0.3, 0.4) is 0 Å². The molecule has 0 amide bonds. The van der Waals surface area contributed by atoms with Gasteiger partial charge >= 0.3 is 0 Å². The number of ether oxygens (including phenoxy) is 2. The summed E-state index contributed by atoms with van der Waals surface area (Å²) in [5, 5.41) is 3.26. The Hall–Kier alpha value is -1.13. The van der Waals surface area contributed by atoms with Gasteiger partial charge in [0, 0.05) is 18.9 Å². The molecule has 1 saturated heterocycles. The highest BCUT2D eigenvalue weighted by Crippen LogP contribution is 2.24. The maximum atomic E-state index is 6.04. The number of hydrogen-bond acceptors (Lipinski definition) is 4. The summed E-state index contributed by atoms with van der Waals surface area (Å²) in [6, 6.07) is 4.38. The maximum absolute atomic E-state index is 6.04. The quantitative estimate of drug-likeness (QED) is 0.899. The van der Waals surface area contributed by atoms with Crippen LogP contribution in [-0.4, -0.2) is 30.3 Å². The van der Waals surface area contributed by atoms with Crippen LogP contribution < -0.4 is 10.1 Å². The molecule has 0 bridgehead atoms. The zero-order chi connectivity index (χ0) is 14.5. The Kier molecular flexibility index (Phi) is 5.38. The highest BCUT2D eigenvalue weighted by Gasteiger charge is 2.25. The summed E-state index contributed by atoms with van der Waals surface area (Å²) in [5.74, 6) is 0.853. The van der Waals surface area contributed by atoms with Gasteiger partial charge in [0.25, 0.3) is 0 Å². The Morgan fingerprint density at radius 1 is 1.35 bits per heavy atom. The molecule has 0 aliphatic carbocycles. The van der Waals surface area contributed by atoms with E-state index in [9.17, 15) is 0 Å². The zero-order valence-electron chi connectivity index (χ0n) is 12.9. The predicted octanol–water partition coefficient (Wildman–Crippen LogP) is 3.09. The second kappa shape index (κ2) is 7.04. The summed E-state index contributed by atoms with van der Waals surface area (Å²) in [4.78, 5) is 4.51. The molecule has 112 valence electrons. The maximum Gasteiger partial charge on any atom is 0.138 e. The first kappa shape index (κ1) is 15.3. The fraction of sp³-hybridized carbons (Fsp3) is 0.688. The van der Waals surface area contributed by atoms with Crippen molar-refractivity contribution < 1.29 is 9.47 Å². The van der Waals surface area contributed by atoms with E-state index in [1.165, 1.54) is 0 Å². The van der Waals surface area contributed by atoms with E-state index in [1.54, 1.807) is 0 Å². The van der Waals surface area contributed by atoms with Crippen molar-refractivity contribution >= 4 is 0 Å². The van der Waals surface area contributed by atoms with Gasteiger partial charge in [0.2, 0.25) is 0 Å². The Morgan fingerprint density at radius 2 is 2.05 bits per heavy atom. The molecule has 0 aromatic carbocycles. The van der Waals surface area contributed by atoms with E-state index in [4.69, 9.17) is 9.47 Å². The molecule has 4 nitrogen and oxygen atoms in total.